The second kappa shape index (κ2) is 8.66. The van der Waals surface area contributed by atoms with Crippen molar-refractivity contribution in [3.8, 4) is 22.9 Å². The average molecular weight is 365 g/mol. The zero-order chi connectivity index (χ0) is 19.1. The quantitative estimate of drug-likeness (QED) is 0.617. The summed E-state index contributed by atoms with van der Waals surface area (Å²) in [7, 11) is 1.60. The Labute approximate surface area is 156 Å². The van der Waals surface area contributed by atoms with E-state index in [9.17, 15) is 4.79 Å². The lowest BCUT2D eigenvalue weighted by molar-refractivity contribution is 0.0946. The predicted molar refractivity (Wildman–Crippen MR) is 99.6 cm³/mol. The number of amides is 1. The van der Waals surface area contributed by atoms with Crippen LogP contribution in [0.25, 0.3) is 11.4 Å². The average Bonchev–Trinajstić information content (AvgIpc) is 3.20. The molecule has 0 fully saturated rings. The molecule has 1 amide bonds. The number of hydrogen-bond donors (Lipinski definition) is 1. The van der Waals surface area contributed by atoms with E-state index in [1.165, 1.54) is 0 Å². The Morgan fingerprint density at radius 3 is 2.78 bits per heavy atom. The van der Waals surface area contributed by atoms with Gasteiger partial charge in [0.05, 0.1) is 13.7 Å². The lowest BCUT2D eigenvalue weighted by Gasteiger charge is -2.06. The maximum Gasteiger partial charge on any atom is 0.251 e. The van der Waals surface area contributed by atoms with E-state index in [1.54, 1.807) is 37.5 Å². The monoisotopic (exact) mass is 365 g/mol. The molecule has 138 valence electrons. The summed E-state index contributed by atoms with van der Waals surface area (Å²) in [6.45, 7) is 4.10. The number of carbonyl (C=O) groups is 1. The zero-order valence-corrected chi connectivity index (χ0v) is 14.8. The molecule has 0 bridgehead atoms. The zero-order valence-electron chi connectivity index (χ0n) is 14.8. The van der Waals surface area contributed by atoms with Gasteiger partial charge in [0.1, 0.15) is 18.1 Å². The molecule has 0 aliphatic carbocycles. The summed E-state index contributed by atoms with van der Waals surface area (Å²) >= 11 is 0. The van der Waals surface area contributed by atoms with Crippen molar-refractivity contribution in [1.82, 2.24) is 15.5 Å². The second-order valence-electron chi connectivity index (χ2n) is 5.55. The molecule has 2 aromatic carbocycles. The van der Waals surface area contributed by atoms with Gasteiger partial charge < -0.3 is 19.3 Å². The molecule has 0 aliphatic heterocycles. The Morgan fingerprint density at radius 2 is 2.04 bits per heavy atom. The Bertz CT molecular complexity index is 919. The van der Waals surface area contributed by atoms with Crippen LogP contribution in [0.5, 0.6) is 11.5 Å². The normalized spacial score (nSPS) is 10.3. The number of hydrogen-bond acceptors (Lipinski definition) is 6. The third-order valence-corrected chi connectivity index (χ3v) is 3.68. The first-order chi connectivity index (χ1) is 13.2. The molecule has 0 saturated heterocycles. The van der Waals surface area contributed by atoms with E-state index in [0.717, 1.165) is 11.3 Å². The largest absolute Gasteiger partial charge is 0.497 e. The highest BCUT2D eigenvalue weighted by Gasteiger charge is 2.11. The molecule has 0 aliphatic rings. The van der Waals surface area contributed by atoms with Crippen molar-refractivity contribution in [2.24, 2.45) is 0 Å². The molecule has 1 N–H and O–H groups in total. The van der Waals surface area contributed by atoms with Crippen LogP contribution < -0.4 is 14.8 Å². The summed E-state index contributed by atoms with van der Waals surface area (Å²) in [6, 6.07) is 14.2. The Morgan fingerprint density at radius 1 is 1.22 bits per heavy atom. The maximum atomic E-state index is 12.3. The van der Waals surface area contributed by atoms with Gasteiger partial charge in [-0.05, 0) is 42.5 Å². The van der Waals surface area contributed by atoms with Crippen molar-refractivity contribution in [2.75, 3.05) is 13.7 Å². The number of rotatable bonds is 8. The van der Waals surface area contributed by atoms with Crippen LogP contribution in [0.3, 0.4) is 0 Å². The van der Waals surface area contributed by atoms with Gasteiger partial charge in [0.2, 0.25) is 11.7 Å². The van der Waals surface area contributed by atoms with E-state index in [0.29, 0.717) is 29.6 Å². The number of nitrogens with zero attached hydrogens (tertiary/aromatic N) is 2. The van der Waals surface area contributed by atoms with Crippen LogP contribution in [0.15, 0.2) is 65.7 Å². The first kappa shape index (κ1) is 18.2. The number of aromatic nitrogens is 2. The molecule has 0 saturated carbocycles. The van der Waals surface area contributed by atoms with Gasteiger partial charge >= 0.3 is 0 Å². The van der Waals surface area contributed by atoms with Crippen LogP contribution in [0.2, 0.25) is 0 Å². The van der Waals surface area contributed by atoms with Crippen LogP contribution in [0, 0.1) is 0 Å². The summed E-state index contributed by atoms with van der Waals surface area (Å²) in [5, 5.41) is 6.68. The fourth-order valence-corrected chi connectivity index (χ4v) is 2.32. The summed E-state index contributed by atoms with van der Waals surface area (Å²) in [5.41, 5.74) is 1.27. The molecule has 0 spiro atoms. The number of benzene rings is 2. The summed E-state index contributed by atoms with van der Waals surface area (Å²) < 4.78 is 15.7. The van der Waals surface area contributed by atoms with E-state index < -0.39 is 0 Å². The van der Waals surface area contributed by atoms with Crippen LogP contribution in [0.4, 0.5) is 0 Å². The van der Waals surface area contributed by atoms with E-state index in [4.69, 9.17) is 14.0 Å². The molecule has 3 rings (SSSR count). The third kappa shape index (κ3) is 4.72. The van der Waals surface area contributed by atoms with Crippen molar-refractivity contribution in [3.05, 3.63) is 72.6 Å². The molecule has 3 aromatic rings. The van der Waals surface area contributed by atoms with Crippen molar-refractivity contribution >= 4 is 5.91 Å². The van der Waals surface area contributed by atoms with Crippen molar-refractivity contribution < 1.29 is 18.8 Å². The Hall–Kier alpha value is -3.61. The third-order valence-electron chi connectivity index (χ3n) is 3.68. The fourth-order valence-electron chi connectivity index (χ4n) is 2.32. The van der Waals surface area contributed by atoms with Gasteiger partial charge in [-0.25, -0.2) is 0 Å². The molecule has 7 nitrogen and oxygen atoms in total. The molecule has 1 aromatic heterocycles. The molecule has 0 radical (unpaired) electrons. The van der Waals surface area contributed by atoms with Crippen molar-refractivity contribution in [3.63, 3.8) is 0 Å². The molecule has 27 heavy (non-hydrogen) atoms. The molecule has 7 heteroatoms. The van der Waals surface area contributed by atoms with Crippen LogP contribution in [0.1, 0.15) is 16.2 Å². The van der Waals surface area contributed by atoms with Crippen LogP contribution in [-0.4, -0.2) is 29.8 Å². The number of nitrogens with one attached hydrogen (secondary N) is 1. The highest BCUT2D eigenvalue weighted by atomic mass is 16.5. The Balaban J connectivity index is 1.60. The van der Waals surface area contributed by atoms with Crippen LogP contribution >= 0.6 is 0 Å². The number of carbonyl (C=O) groups excluding carboxylic acids is 1. The standard InChI is InChI=1S/C20H19N3O4/c1-3-11-26-17-6-4-5-15(12-17)20(24)21-13-18-22-19(23-27-18)14-7-9-16(25-2)10-8-14/h3-10,12H,1,11,13H2,2H3,(H,21,24). The SMILES string of the molecule is C=CCOc1cccc(C(=O)NCc2nc(-c3ccc(OC)cc3)no2)c1. The minimum atomic E-state index is -0.261. The molecule has 0 atom stereocenters. The fraction of sp³-hybridized carbons (Fsp3) is 0.150. The first-order valence-electron chi connectivity index (χ1n) is 8.28. The van der Waals surface area contributed by atoms with Gasteiger partial charge in [0, 0.05) is 11.1 Å². The van der Waals surface area contributed by atoms with Gasteiger partial charge in [0.15, 0.2) is 0 Å². The highest BCUT2D eigenvalue weighted by molar-refractivity contribution is 5.94. The highest BCUT2D eigenvalue weighted by Crippen LogP contribution is 2.19. The lowest BCUT2D eigenvalue weighted by Crippen LogP contribution is -2.22. The van der Waals surface area contributed by atoms with E-state index >= 15 is 0 Å². The minimum Gasteiger partial charge on any atom is -0.497 e. The van der Waals surface area contributed by atoms with E-state index in [-0.39, 0.29) is 12.5 Å². The van der Waals surface area contributed by atoms with Gasteiger partial charge in [-0.1, -0.05) is 23.9 Å². The second-order valence-corrected chi connectivity index (χ2v) is 5.55. The van der Waals surface area contributed by atoms with Gasteiger partial charge in [0.25, 0.3) is 5.91 Å². The van der Waals surface area contributed by atoms with Gasteiger partial charge in [-0.3, -0.25) is 4.79 Å². The van der Waals surface area contributed by atoms with Gasteiger partial charge in [-0.15, -0.1) is 0 Å². The smallest absolute Gasteiger partial charge is 0.251 e. The Kier molecular flexibility index (Phi) is 5.84. The summed E-state index contributed by atoms with van der Waals surface area (Å²) in [5.74, 6) is 1.84. The van der Waals surface area contributed by atoms with Crippen LogP contribution in [-0.2, 0) is 6.54 Å². The topological polar surface area (TPSA) is 86.5 Å². The van der Waals surface area contributed by atoms with Crippen molar-refractivity contribution in [2.45, 2.75) is 6.54 Å². The predicted octanol–water partition coefficient (Wildman–Crippen LogP) is 3.24. The van der Waals surface area contributed by atoms with E-state index in [1.807, 2.05) is 24.3 Å². The summed E-state index contributed by atoms with van der Waals surface area (Å²) in [4.78, 5) is 16.6. The maximum absolute atomic E-state index is 12.3. The molecule has 0 unspecified atom stereocenters. The van der Waals surface area contributed by atoms with E-state index in [2.05, 4.69) is 22.0 Å². The van der Waals surface area contributed by atoms with Gasteiger partial charge in [-0.2, -0.15) is 4.98 Å². The first-order valence-corrected chi connectivity index (χ1v) is 8.28. The number of ether oxygens (including phenoxy) is 2. The number of methoxy groups -OCH3 is 1. The lowest BCUT2D eigenvalue weighted by atomic mass is 10.2. The molecular formula is C20H19N3O4. The minimum absolute atomic E-state index is 0.125. The summed E-state index contributed by atoms with van der Waals surface area (Å²) in [6.07, 6.45) is 1.64. The van der Waals surface area contributed by atoms with Crippen molar-refractivity contribution in [1.29, 1.82) is 0 Å². The molecule has 1 heterocycles. The molecular weight excluding hydrogens is 346 g/mol.